The van der Waals surface area contributed by atoms with Gasteiger partial charge in [0, 0.05) is 6.04 Å². The molecule has 1 rings (SSSR count). The number of hydrogen-bond acceptors (Lipinski definition) is 1. The Labute approximate surface area is 98.8 Å². The first-order valence-electron chi connectivity index (χ1n) is 6.30. The third-order valence-electron chi connectivity index (χ3n) is 3.36. The number of rotatable bonds is 5. The molecule has 1 N–H and O–H groups in total. The topological polar surface area (TPSA) is 29.1 Å². The van der Waals surface area contributed by atoms with Gasteiger partial charge in [-0.15, -0.1) is 0 Å². The Kier molecular flexibility index (Phi) is 5.91. The van der Waals surface area contributed by atoms with Crippen molar-refractivity contribution in [2.24, 2.45) is 5.92 Å². The van der Waals surface area contributed by atoms with Gasteiger partial charge in [0.1, 0.15) is 0 Å². The van der Waals surface area contributed by atoms with Crippen LogP contribution in [0, 0.1) is 5.92 Å². The van der Waals surface area contributed by atoms with E-state index < -0.39 is 0 Å². The highest BCUT2D eigenvalue weighted by Gasteiger charge is 2.20. The smallest absolute Gasteiger partial charge is 0.243 e. The quantitative estimate of drug-likeness (QED) is 0.560. The van der Waals surface area contributed by atoms with E-state index in [1.54, 1.807) is 0 Å². The van der Waals surface area contributed by atoms with Crippen LogP contribution in [-0.2, 0) is 4.79 Å². The van der Waals surface area contributed by atoms with Gasteiger partial charge in [0.25, 0.3) is 0 Å². The molecular formula is C14H23NO. The van der Waals surface area contributed by atoms with Crippen LogP contribution in [0.5, 0.6) is 0 Å². The fraction of sp³-hybridized carbons (Fsp3) is 0.643. The summed E-state index contributed by atoms with van der Waals surface area (Å²) in [6, 6.07) is 0.378. The van der Waals surface area contributed by atoms with Gasteiger partial charge in [-0.05, 0) is 57.4 Å². The number of hydrogen-bond donors (Lipinski definition) is 1. The maximum Gasteiger partial charge on any atom is 0.243 e. The minimum Gasteiger partial charge on any atom is -0.350 e. The van der Waals surface area contributed by atoms with Crippen molar-refractivity contribution in [2.75, 3.05) is 0 Å². The molecule has 0 aromatic carbocycles. The molecule has 0 saturated heterocycles. The summed E-state index contributed by atoms with van der Waals surface area (Å²) < 4.78 is 0. The van der Waals surface area contributed by atoms with Crippen LogP contribution in [0.15, 0.2) is 24.8 Å². The van der Waals surface area contributed by atoms with E-state index in [0.717, 1.165) is 18.8 Å². The van der Waals surface area contributed by atoms with Crippen molar-refractivity contribution in [1.29, 1.82) is 0 Å². The van der Waals surface area contributed by atoms with Crippen molar-refractivity contribution in [1.82, 2.24) is 5.32 Å². The monoisotopic (exact) mass is 221 g/mol. The zero-order valence-electron chi connectivity index (χ0n) is 10.2. The van der Waals surface area contributed by atoms with Crippen LogP contribution in [0.25, 0.3) is 0 Å². The number of nitrogens with one attached hydrogen (secondary N) is 1. The van der Waals surface area contributed by atoms with Gasteiger partial charge in [0.05, 0.1) is 0 Å². The molecule has 2 nitrogen and oxygen atoms in total. The Morgan fingerprint density at radius 2 is 2.06 bits per heavy atom. The largest absolute Gasteiger partial charge is 0.350 e. The SMILES string of the molecule is C=CC(=O)NC1CCC(CC/C=C/C)CC1. The van der Waals surface area contributed by atoms with E-state index in [-0.39, 0.29) is 5.91 Å². The summed E-state index contributed by atoms with van der Waals surface area (Å²) in [5.41, 5.74) is 0. The van der Waals surface area contributed by atoms with Gasteiger partial charge in [-0.2, -0.15) is 0 Å². The molecule has 0 atom stereocenters. The minimum absolute atomic E-state index is 0.0302. The molecule has 0 spiro atoms. The van der Waals surface area contributed by atoms with Crippen molar-refractivity contribution in [3.63, 3.8) is 0 Å². The molecule has 1 aliphatic rings. The number of allylic oxidation sites excluding steroid dienone is 2. The van der Waals surface area contributed by atoms with Gasteiger partial charge in [-0.1, -0.05) is 18.7 Å². The van der Waals surface area contributed by atoms with Gasteiger partial charge in [0.15, 0.2) is 0 Å². The number of carbonyl (C=O) groups is 1. The first kappa shape index (κ1) is 13.0. The highest BCUT2D eigenvalue weighted by molar-refractivity contribution is 5.87. The van der Waals surface area contributed by atoms with Crippen LogP contribution >= 0.6 is 0 Å². The molecule has 0 aliphatic heterocycles. The zero-order chi connectivity index (χ0) is 11.8. The number of carbonyl (C=O) groups excluding carboxylic acids is 1. The lowest BCUT2D eigenvalue weighted by Gasteiger charge is -2.28. The average Bonchev–Trinajstić information content (AvgIpc) is 2.31. The van der Waals surface area contributed by atoms with E-state index in [4.69, 9.17) is 0 Å². The van der Waals surface area contributed by atoms with Gasteiger partial charge in [-0.3, -0.25) is 4.79 Å². The normalized spacial score (nSPS) is 25.6. The molecule has 16 heavy (non-hydrogen) atoms. The lowest BCUT2D eigenvalue weighted by molar-refractivity contribution is -0.117. The Morgan fingerprint density at radius 1 is 1.38 bits per heavy atom. The van der Waals surface area contributed by atoms with E-state index in [1.807, 2.05) is 0 Å². The van der Waals surface area contributed by atoms with Crippen molar-refractivity contribution >= 4 is 5.91 Å². The van der Waals surface area contributed by atoms with Gasteiger partial charge in [0.2, 0.25) is 5.91 Å². The summed E-state index contributed by atoms with van der Waals surface area (Å²) in [5, 5.41) is 2.99. The standard InChI is InChI=1S/C14H23NO/c1-3-5-6-7-12-8-10-13(11-9-12)15-14(16)4-2/h3-5,12-13H,2,6-11H2,1H3,(H,15,16)/b5-3+. The molecular weight excluding hydrogens is 198 g/mol. The molecule has 2 heteroatoms. The van der Waals surface area contributed by atoms with Crippen LogP contribution in [0.2, 0.25) is 0 Å². The molecule has 0 unspecified atom stereocenters. The maximum atomic E-state index is 11.1. The van der Waals surface area contributed by atoms with Crippen LogP contribution in [-0.4, -0.2) is 11.9 Å². The Bertz CT molecular complexity index is 249. The van der Waals surface area contributed by atoms with Gasteiger partial charge >= 0.3 is 0 Å². The maximum absolute atomic E-state index is 11.1. The predicted molar refractivity (Wildman–Crippen MR) is 68.1 cm³/mol. The molecule has 1 aliphatic carbocycles. The zero-order valence-corrected chi connectivity index (χ0v) is 10.2. The predicted octanol–water partition coefficient (Wildman–Crippen LogP) is 3.20. The molecule has 0 aromatic heterocycles. The lowest BCUT2D eigenvalue weighted by Crippen LogP contribution is -2.36. The van der Waals surface area contributed by atoms with E-state index in [0.29, 0.717) is 6.04 Å². The summed E-state index contributed by atoms with van der Waals surface area (Å²) in [7, 11) is 0. The van der Waals surface area contributed by atoms with Crippen molar-refractivity contribution in [3.8, 4) is 0 Å². The molecule has 0 radical (unpaired) electrons. The van der Waals surface area contributed by atoms with Crippen LogP contribution < -0.4 is 5.32 Å². The molecule has 1 saturated carbocycles. The summed E-state index contributed by atoms with van der Waals surface area (Å²) in [5.74, 6) is 0.824. The Balaban J connectivity index is 2.18. The van der Waals surface area contributed by atoms with E-state index in [1.165, 1.54) is 31.8 Å². The third kappa shape index (κ3) is 4.65. The summed E-state index contributed by atoms with van der Waals surface area (Å²) >= 11 is 0. The Morgan fingerprint density at radius 3 is 2.62 bits per heavy atom. The van der Waals surface area contributed by atoms with Crippen molar-refractivity contribution in [3.05, 3.63) is 24.8 Å². The lowest BCUT2D eigenvalue weighted by atomic mass is 9.83. The molecule has 0 heterocycles. The van der Waals surface area contributed by atoms with Crippen molar-refractivity contribution < 1.29 is 4.79 Å². The highest BCUT2D eigenvalue weighted by atomic mass is 16.1. The first-order valence-corrected chi connectivity index (χ1v) is 6.30. The number of amides is 1. The van der Waals surface area contributed by atoms with Crippen LogP contribution in [0.3, 0.4) is 0 Å². The fourth-order valence-electron chi connectivity index (χ4n) is 2.35. The minimum atomic E-state index is -0.0302. The molecule has 90 valence electrons. The van der Waals surface area contributed by atoms with E-state index in [9.17, 15) is 4.79 Å². The summed E-state index contributed by atoms with van der Waals surface area (Å²) in [6.07, 6.45) is 13.0. The van der Waals surface area contributed by atoms with Crippen LogP contribution in [0.4, 0.5) is 0 Å². The second-order valence-electron chi connectivity index (χ2n) is 4.58. The first-order chi connectivity index (χ1) is 7.76. The molecule has 1 amide bonds. The van der Waals surface area contributed by atoms with Gasteiger partial charge < -0.3 is 5.32 Å². The van der Waals surface area contributed by atoms with E-state index >= 15 is 0 Å². The fourth-order valence-corrected chi connectivity index (χ4v) is 2.35. The molecule has 0 aromatic rings. The second kappa shape index (κ2) is 7.26. The van der Waals surface area contributed by atoms with Gasteiger partial charge in [-0.25, -0.2) is 0 Å². The Hall–Kier alpha value is -1.05. The van der Waals surface area contributed by atoms with Crippen LogP contribution in [0.1, 0.15) is 45.4 Å². The third-order valence-corrected chi connectivity index (χ3v) is 3.36. The molecule has 0 bridgehead atoms. The summed E-state index contributed by atoms with van der Waals surface area (Å²) in [4.78, 5) is 11.1. The highest BCUT2D eigenvalue weighted by Crippen LogP contribution is 2.27. The summed E-state index contributed by atoms with van der Waals surface area (Å²) in [6.45, 7) is 5.54. The second-order valence-corrected chi connectivity index (χ2v) is 4.58. The average molecular weight is 221 g/mol. The molecule has 1 fully saturated rings. The van der Waals surface area contributed by atoms with Crippen molar-refractivity contribution in [2.45, 2.75) is 51.5 Å². The van der Waals surface area contributed by atoms with E-state index in [2.05, 4.69) is 31.0 Å².